The maximum Gasteiger partial charge on any atom is 0.313 e. The number of aromatic nitrogens is 1. The van der Waals surface area contributed by atoms with Gasteiger partial charge in [0.05, 0.1) is 25.1 Å². The van der Waals surface area contributed by atoms with Gasteiger partial charge in [0.2, 0.25) is 5.91 Å². The van der Waals surface area contributed by atoms with E-state index in [0.29, 0.717) is 12.3 Å². The van der Waals surface area contributed by atoms with Crippen LogP contribution in [0.4, 0.5) is 0 Å². The lowest BCUT2D eigenvalue weighted by atomic mass is 9.70. The van der Waals surface area contributed by atoms with Crippen LogP contribution in [0.2, 0.25) is 0 Å². The van der Waals surface area contributed by atoms with Gasteiger partial charge < -0.3 is 15.5 Å². The number of benzene rings is 3. The topological polar surface area (TPSA) is 97.2 Å². The van der Waals surface area contributed by atoms with Crippen molar-refractivity contribution in [2.24, 2.45) is 17.6 Å². The predicted molar refractivity (Wildman–Crippen MR) is 153 cm³/mol. The van der Waals surface area contributed by atoms with Gasteiger partial charge in [0.25, 0.3) is 0 Å². The van der Waals surface area contributed by atoms with E-state index in [-0.39, 0.29) is 35.8 Å². The van der Waals surface area contributed by atoms with Crippen LogP contribution in [-0.4, -0.2) is 30.0 Å². The molecule has 0 spiro atoms. The lowest BCUT2D eigenvalue weighted by Crippen LogP contribution is -2.50. The molecule has 6 heteroatoms. The molecule has 2 heterocycles. The number of carbonyl (C=O) groups is 2. The first-order chi connectivity index (χ1) is 19.0. The Morgan fingerprint density at radius 1 is 0.872 bits per heavy atom. The number of esters is 1. The molecule has 6 nitrogen and oxygen atoms in total. The number of carbonyl (C=O) groups excluding carboxylic acids is 2. The highest BCUT2D eigenvalue weighted by atomic mass is 16.5. The maximum atomic E-state index is 13.0. The number of aromatic amines is 1. The number of nitrogens with one attached hydrogen (secondary N) is 2. The number of methoxy groups -OCH3 is 1. The minimum absolute atomic E-state index is 0.0290. The van der Waals surface area contributed by atoms with Gasteiger partial charge in [0, 0.05) is 16.6 Å². The molecule has 3 aromatic carbocycles. The highest BCUT2D eigenvalue weighted by molar-refractivity contribution is 5.88. The number of H-pyrrole nitrogens is 1. The summed E-state index contributed by atoms with van der Waals surface area (Å²) < 4.78 is 5.29. The highest BCUT2D eigenvalue weighted by Gasteiger charge is 2.40. The van der Waals surface area contributed by atoms with Crippen molar-refractivity contribution in [2.75, 3.05) is 7.11 Å². The Hall–Kier alpha value is -3.90. The van der Waals surface area contributed by atoms with E-state index >= 15 is 0 Å². The summed E-state index contributed by atoms with van der Waals surface area (Å²) in [6, 6.07) is 26.5. The molecule has 1 fully saturated rings. The molecule has 0 radical (unpaired) electrons. The predicted octanol–water partition coefficient (Wildman–Crippen LogP) is 5.64. The monoisotopic (exact) mass is 521 g/mol. The van der Waals surface area contributed by atoms with Crippen LogP contribution in [0.15, 0.2) is 78.9 Å². The zero-order valence-electron chi connectivity index (χ0n) is 22.2. The van der Waals surface area contributed by atoms with Gasteiger partial charge >= 0.3 is 5.97 Å². The zero-order chi connectivity index (χ0) is 26.9. The fourth-order valence-corrected chi connectivity index (χ4v) is 6.88. The van der Waals surface area contributed by atoms with Gasteiger partial charge in [-0.2, -0.15) is 0 Å². The standard InChI is InChI=1S/C33H35N3O3/c1-39-33(38)29(22-13-11-21(12-14-22)20-7-3-2-4-8-20)23-15-17-24(18-16-23)30-31-26(19-28(36-30)32(34)37)25-9-5-6-10-27(25)35-31/h2-14,23-24,28-30,35-36H,15-19H2,1H3,(H2,34,37)/t23?,24?,28?,29-,30+/m0/s1. The van der Waals surface area contributed by atoms with E-state index in [1.54, 1.807) is 0 Å². The van der Waals surface area contributed by atoms with Crippen molar-refractivity contribution >= 4 is 22.8 Å². The first-order valence-electron chi connectivity index (χ1n) is 13.9. The molecule has 39 heavy (non-hydrogen) atoms. The zero-order valence-corrected chi connectivity index (χ0v) is 22.2. The Labute approximate surface area is 228 Å². The molecule has 1 saturated carbocycles. The largest absolute Gasteiger partial charge is 0.469 e. The SMILES string of the molecule is COC(=O)[C@@H](c1ccc(-c2ccccc2)cc1)C1CCC([C@H]2NC(C(N)=O)Cc3c2[nH]c2ccccc32)CC1. The minimum atomic E-state index is -0.384. The molecule has 0 saturated heterocycles. The molecule has 2 aliphatic rings. The highest BCUT2D eigenvalue weighted by Crippen LogP contribution is 2.45. The van der Waals surface area contributed by atoms with Gasteiger partial charge in [0.1, 0.15) is 0 Å². The van der Waals surface area contributed by atoms with E-state index in [2.05, 4.69) is 58.8 Å². The Kier molecular flexibility index (Phi) is 6.96. The number of hydrogen-bond acceptors (Lipinski definition) is 4. The minimum Gasteiger partial charge on any atom is -0.469 e. The summed E-state index contributed by atoms with van der Waals surface area (Å²) in [7, 11) is 1.48. The number of rotatable bonds is 6. The molecule has 3 atom stereocenters. The van der Waals surface area contributed by atoms with Crippen molar-refractivity contribution in [1.29, 1.82) is 0 Å². The summed E-state index contributed by atoms with van der Waals surface area (Å²) in [4.78, 5) is 28.9. The Morgan fingerprint density at radius 2 is 1.54 bits per heavy atom. The summed E-state index contributed by atoms with van der Waals surface area (Å²) in [6.45, 7) is 0. The Balaban J connectivity index is 1.22. The number of fused-ring (bicyclic) bond motifs is 3. The van der Waals surface area contributed by atoms with E-state index in [9.17, 15) is 9.59 Å². The molecule has 6 rings (SSSR count). The molecule has 1 aliphatic carbocycles. The normalized spacial score (nSPS) is 23.6. The van der Waals surface area contributed by atoms with Gasteiger partial charge in [-0.15, -0.1) is 0 Å². The van der Waals surface area contributed by atoms with Gasteiger partial charge in [-0.25, -0.2) is 0 Å². The number of hydrogen-bond donors (Lipinski definition) is 3. The molecule has 1 amide bonds. The third-order valence-corrected chi connectivity index (χ3v) is 8.88. The van der Waals surface area contributed by atoms with Crippen molar-refractivity contribution in [3.8, 4) is 11.1 Å². The third kappa shape index (κ3) is 4.85. The van der Waals surface area contributed by atoms with Crippen LogP contribution in [0.3, 0.4) is 0 Å². The number of ether oxygens (including phenoxy) is 1. The number of para-hydroxylation sites is 1. The van der Waals surface area contributed by atoms with Crippen molar-refractivity contribution in [2.45, 2.75) is 50.1 Å². The third-order valence-electron chi connectivity index (χ3n) is 8.88. The molecule has 0 bridgehead atoms. The van der Waals surface area contributed by atoms with Crippen LogP contribution >= 0.6 is 0 Å². The second-order valence-electron chi connectivity index (χ2n) is 11.0. The fourth-order valence-electron chi connectivity index (χ4n) is 6.88. The average Bonchev–Trinajstić information content (AvgIpc) is 3.36. The van der Waals surface area contributed by atoms with Crippen LogP contribution in [0, 0.1) is 11.8 Å². The van der Waals surface area contributed by atoms with Gasteiger partial charge in [-0.1, -0.05) is 72.8 Å². The molecular formula is C33H35N3O3. The Morgan fingerprint density at radius 3 is 2.23 bits per heavy atom. The summed E-state index contributed by atoms with van der Waals surface area (Å²) in [5.74, 6) is -0.229. The fraction of sp³-hybridized carbons (Fsp3) is 0.333. The van der Waals surface area contributed by atoms with E-state index in [4.69, 9.17) is 10.5 Å². The van der Waals surface area contributed by atoms with Crippen LogP contribution < -0.4 is 11.1 Å². The molecule has 1 aliphatic heterocycles. The summed E-state index contributed by atoms with van der Waals surface area (Å²) in [5.41, 5.74) is 12.6. The summed E-state index contributed by atoms with van der Waals surface area (Å²) >= 11 is 0. The summed E-state index contributed by atoms with van der Waals surface area (Å²) in [5, 5.41) is 4.74. The number of nitrogens with two attached hydrogens (primary N) is 1. The number of amides is 1. The van der Waals surface area contributed by atoms with Crippen molar-refractivity contribution in [1.82, 2.24) is 10.3 Å². The van der Waals surface area contributed by atoms with Crippen LogP contribution in [0.25, 0.3) is 22.0 Å². The van der Waals surface area contributed by atoms with Crippen molar-refractivity contribution in [3.05, 3.63) is 95.7 Å². The lowest BCUT2D eigenvalue weighted by molar-refractivity contribution is -0.144. The molecule has 200 valence electrons. The van der Waals surface area contributed by atoms with E-state index in [1.165, 1.54) is 23.8 Å². The quantitative estimate of drug-likeness (QED) is 0.286. The Bertz CT molecular complexity index is 1470. The lowest BCUT2D eigenvalue weighted by Gasteiger charge is -2.40. The second-order valence-corrected chi connectivity index (χ2v) is 11.0. The average molecular weight is 522 g/mol. The smallest absolute Gasteiger partial charge is 0.313 e. The van der Waals surface area contributed by atoms with E-state index in [0.717, 1.165) is 47.9 Å². The molecular weight excluding hydrogens is 486 g/mol. The van der Waals surface area contributed by atoms with Gasteiger partial charge in [0.15, 0.2) is 0 Å². The van der Waals surface area contributed by atoms with E-state index in [1.807, 2.05) is 30.3 Å². The van der Waals surface area contributed by atoms with Gasteiger partial charge in [-0.05, 0) is 72.3 Å². The first kappa shape index (κ1) is 25.4. The second kappa shape index (κ2) is 10.7. The summed E-state index contributed by atoms with van der Waals surface area (Å²) in [6.07, 6.45) is 4.35. The van der Waals surface area contributed by atoms with Gasteiger partial charge in [-0.3, -0.25) is 14.9 Å². The maximum absolute atomic E-state index is 13.0. The molecule has 1 unspecified atom stereocenters. The van der Waals surface area contributed by atoms with E-state index < -0.39 is 0 Å². The molecule has 1 aromatic heterocycles. The molecule has 4 aromatic rings. The van der Waals surface area contributed by atoms with Crippen LogP contribution in [0.5, 0.6) is 0 Å². The van der Waals surface area contributed by atoms with Crippen LogP contribution in [-0.2, 0) is 20.7 Å². The first-order valence-corrected chi connectivity index (χ1v) is 13.9. The van der Waals surface area contributed by atoms with Crippen LogP contribution in [0.1, 0.15) is 54.5 Å². The number of primary amides is 1. The molecule has 4 N–H and O–H groups in total. The van der Waals surface area contributed by atoms with Crippen molar-refractivity contribution in [3.63, 3.8) is 0 Å². The van der Waals surface area contributed by atoms with Crippen molar-refractivity contribution < 1.29 is 14.3 Å².